The summed E-state index contributed by atoms with van der Waals surface area (Å²) in [4.78, 5) is 22.0. The van der Waals surface area contributed by atoms with Crippen LogP contribution in [0.3, 0.4) is 0 Å². The number of nitrogens with one attached hydrogen (secondary N) is 1. The van der Waals surface area contributed by atoms with Crippen LogP contribution in [-0.4, -0.2) is 14.5 Å². The van der Waals surface area contributed by atoms with E-state index in [-0.39, 0.29) is 5.56 Å². The Morgan fingerprint density at radius 1 is 0.727 bits per heavy atom. The fourth-order valence-electron chi connectivity index (χ4n) is 3.98. The summed E-state index contributed by atoms with van der Waals surface area (Å²) in [5, 5.41) is 4.05. The van der Waals surface area contributed by atoms with Crippen molar-refractivity contribution in [2.45, 2.75) is 19.4 Å². The average Bonchev–Trinajstić information content (AvgIpc) is 2.86. The minimum absolute atomic E-state index is 0.0790. The zero-order valence-corrected chi connectivity index (χ0v) is 18.2. The summed E-state index contributed by atoms with van der Waals surface area (Å²) in [6.45, 7) is 0.461. The molecular weight excluding hydrogens is 408 g/mol. The predicted molar refractivity (Wildman–Crippen MR) is 133 cm³/mol. The van der Waals surface area contributed by atoms with Crippen LogP contribution in [-0.2, 0) is 19.4 Å². The van der Waals surface area contributed by atoms with Crippen LogP contribution in [0.1, 0.15) is 16.7 Å². The van der Waals surface area contributed by atoms with Gasteiger partial charge < -0.3 is 5.32 Å². The van der Waals surface area contributed by atoms with Crippen LogP contribution in [0.15, 0.2) is 108 Å². The second kappa shape index (κ2) is 9.49. The third-order valence-electron chi connectivity index (χ3n) is 5.73. The van der Waals surface area contributed by atoms with Gasteiger partial charge in [-0.15, -0.1) is 0 Å². The smallest absolute Gasteiger partial charge is 0.252 e. The van der Waals surface area contributed by atoms with Gasteiger partial charge in [-0.05, 0) is 47.7 Å². The predicted octanol–water partition coefficient (Wildman–Crippen LogP) is 5.37. The number of pyridine rings is 1. The molecule has 0 aliphatic carbocycles. The van der Waals surface area contributed by atoms with Gasteiger partial charge in [-0.1, -0.05) is 72.8 Å². The van der Waals surface area contributed by atoms with Crippen LogP contribution < -0.4 is 10.9 Å². The molecule has 3 aromatic carbocycles. The maximum Gasteiger partial charge on any atom is 0.252 e. The van der Waals surface area contributed by atoms with Gasteiger partial charge in [0.05, 0.1) is 6.54 Å². The van der Waals surface area contributed by atoms with Crippen LogP contribution >= 0.6 is 0 Å². The van der Waals surface area contributed by atoms with Gasteiger partial charge >= 0.3 is 0 Å². The molecule has 5 rings (SSSR count). The molecule has 0 amide bonds. The second-order valence-electron chi connectivity index (χ2n) is 7.98. The maximum atomic E-state index is 12.9. The van der Waals surface area contributed by atoms with Gasteiger partial charge in [0.2, 0.25) is 5.95 Å². The lowest BCUT2D eigenvalue weighted by Crippen LogP contribution is -2.21. The molecule has 0 spiro atoms. The van der Waals surface area contributed by atoms with E-state index >= 15 is 0 Å². The summed E-state index contributed by atoms with van der Waals surface area (Å²) in [5.41, 5.74) is 5.10. The Bertz CT molecular complexity index is 1430. The molecule has 0 atom stereocenters. The van der Waals surface area contributed by atoms with Crippen molar-refractivity contribution in [3.05, 3.63) is 130 Å². The van der Waals surface area contributed by atoms with E-state index in [9.17, 15) is 4.79 Å². The molecule has 33 heavy (non-hydrogen) atoms. The largest absolute Gasteiger partial charge is 0.324 e. The van der Waals surface area contributed by atoms with Crippen molar-refractivity contribution in [1.82, 2.24) is 14.5 Å². The third-order valence-corrected chi connectivity index (χ3v) is 5.73. The highest BCUT2D eigenvalue weighted by molar-refractivity contribution is 5.75. The summed E-state index contributed by atoms with van der Waals surface area (Å²) in [5.74, 6) is 0.463. The van der Waals surface area contributed by atoms with Crippen molar-refractivity contribution in [1.29, 1.82) is 0 Å². The first kappa shape index (κ1) is 20.6. The van der Waals surface area contributed by atoms with Gasteiger partial charge in [0.15, 0.2) is 0 Å². The van der Waals surface area contributed by atoms with Crippen LogP contribution in [0.5, 0.6) is 0 Å². The van der Waals surface area contributed by atoms with Crippen molar-refractivity contribution >= 4 is 22.7 Å². The number of aromatic nitrogens is 3. The standard InChI is InChI=1S/C28H24N4O/c33-26-18-17-23-19-29-28(30-25-13-5-2-6-14-25)31-27(23)32(26)20-24-12-8-7-11-22(24)16-15-21-9-3-1-4-10-21/h1-14,17-19H,15-16,20H2,(H,29,30,31). The second-order valence-corrected chi connectivity index (χ2v) is 7.98. The number of benzene rings is 3. The molecule has 0 radical (unpaired) electrons. The number of rotatable bonds is 7. The van der Waals surface area contributed by atoms with Crippen molar-refractivity contribution in [3.8, 4) is 0 Å². The maximum absolute atomic E-state index is 12.9. The Hall–Kier alpha value is -4.25. The molecule has 162 valence electrons. The van der Waals surface area contributed by atoms with E-state index < -0.39 is 0 Å². The number of hydrogen-bond acceptors (Lipinski definition) is 4. The normalized spacial score (nSPS) is 10.9. The molecule has 0 saturated heterocycles. The van der Waals surface area contributed by atoms with Crippen LogP contribution in [0.4, 0.5) is 11.6 Å². The van der Waals surface area contributed by atoms with E-state index in [0.29, 0.717) is 18.1 Å². The molecule has 1 N–H and O–H groups in total. The molecule has 0 fully saturated rings. The molecule has 0 aliphatic rings. The lowest BCUT2D eigenvalue weighted by atomic mass is 9.99. The summed E-state index contributed by atoms with van der Waals surface area (Å²) in [7, 11) is 0. The van der Waals surface area contributed by atoms with Gasteiger partial charge in [0, 0.05) is 23.3 Å². The Morgan fingerprint density at radius 3 is 2.21 bits per heavy atom. The average molecular weight is 433 g/mol. The molecule has 5 nitrogen and oxygen atoms in total. The first-order chi connectivity index (χ1) is 16.3. The van der Waals surface area contributed by atoms with E-state index in [1.54, 1.807) is 22.9 Å². The zero-order valence-electron chi connectivity index (χ0n) is 18.2. The van der Waals surface area contributed by atoms with Gasteiger partial charge in [-0.25, -0.2) is 4.98 Å². The summed E-state index contributed by atoms with van der Waals surface area (Å²) < 4.78 is 1.73. The minimum Gasteiger partial charge on any atom is -0.324 e. The van der Waals surface area contributed by atoms with E-state index in [1.165, 1.54) is 11.1 Å². The van der Waals surface area contributed by atoms with Crippen LogP contribution in [0.25, 0.3) is 11.0 Å². The molecule has 5 heteroatoms. The molecule has 5 aromatic rings. The number of anilines is 2. The number of para-hydroxylation sites is 1. The number of hydrogen-bond donors (Lipinski definition) is 1. The Labute approximate surface area is 192 Å². The highest BCUT2D eigenvalue weighted by atomic mass is 16.1. The molecule has 2 heterocycles. The Morgan fingerprint density at radius 2 is 1.42 bits per heavy atom. The van der Waals surface area contributed by atoms with Crippen molar-refractivity contribution in [2.75, 3.05) is 5.32 Å². The summed E-state index contributed by atoms with van der Waals surface area (Å²) >= 11 is 0. The fourth-order valence-corrected chi connectivity index (χ4v) is 3.98. The van der Waals surface area contributed by atoms with E-state index in [0.717, 1.165) is 29.5 Å². The topological polar surface area (TPSA) is 59.8 Å². The third kappa shape index (κ3) is 4.83. The minimum atomic E-state index is -0.0790. The quantitative estimate of drug-likeness (QED) is 0.376. The van der Waals surface area contributed by atoms with Crippen LogP contribution in [0.2, 0.25) is 0 Å². The first-order valence-electron chi connectivity index (χ1n) is 11.1. The molecule has 0 saturated carbocycles. The molecule has 0 aliphatic heterocycles. The van der Waals surface area contributed by atoms with Crippen LogP contribution in [0, 0.1) is 0 Å². The number of nitrogens with zero attached hydrogens (tertiary/aromatic N) is 3. The monoisotopic (exact) mass is 432 g/mol. The van der Waals surface area contributed by atoms with Gasteiger partial charge in [0.1, 0.15) is 5.65 Å². The summed E-state index contributed by atoms with van der Waals surface area (Å²) in [6.07, 6.45) is 3.62. The number of fused-ring (bicyclic) bond motifs is 1. The molecule has 0 unspecified atom stereocenters. The van der Waals surface area contributed by atoms with Crippen molar-refractivity contribution in [3.63, 3.8) is 0 Å². The fraction of sp³-hybridized carbons (Fsp3) is 0.107. The van der Waals surface area contributed by atoms with Crippen molar-refractivity contribution in [2.24, 2.45) is 0 Å². The summed E-state index contributed by atoms with van der Waals surface area (Å²) in [6, 6.07) is 31.9. The number of aryl methyl sites for hydroxylation is 2. The highest BCUT2D eigenvalue weighted by Crippen LogP contribution is 2.18. The zero-order chi connectivity index (χ0) is 22.5. The first-order valence-corrected chi connectivity index (χ1v) is 11.1. The van der Waals surface area contributed by atoms with Crippen molar-refractivity contribution < 1.29 is 0 Å². The molecular formula is C28H24N4O. The Kier molecular flexibility index (Phi) is 5.93. The lowest BCUT2D eigenvalue weighted by Gasteiger charge is -2.14. The van der Waals surface area contributed by atoms with E-state index in [1.807, 2.05) is 42.5 Å². The van der Waals surface area contributed by atoms with Gasteiger partial charge in [-0.3, -0.25) is 9.36 Å². The lowest BCUT2D eigenvalue weighted by molar-refractivity contribution is 0.768. The molecule has 0 bridgehead atoms. The Balaban J connectivity index is 1.47. The SMILES string of the molecule is O=c1ccc2cnc(Nc3ccccc3)nc2n1Cc1ccccc1CCc1ccccc1. The van der Waals surface area contributed by atoms with Gasteiger partial charge in [0.25, 0.3) is 5.56 Å². The van der Waals surface area contributed by atoms with E-state index in [4.69, 9.17) is 4.98 Å². The van der Waals surface area contributed by atoms with E-state index in [2.05, 4.69) is 52.8 Å². The van der Waals surface area contributed by atoms with Gasteiger partial charge in [-0.2, -0.15) is 4.98 Å². The molecule has 2 aromatic heterocycles. The highest BCUT2D eigenvalue weighted by Gasteiger charge is 2.10.